The van der Waals surface area contributed by atoms with E-state index in [1.807, 2.05) is 30.3 Å². The Labute approximate surface area is 153 Å². The standard InChI is InChI=1S/C21H13F3N2O/c22-21(23,24)14-8-5-13(6-9-14)18-16(11-25)20(26)27-17-10-7-12-3-1-2-4-15(12)19(17)18/h1-10,18H,26H2/t18-/m0/s1. The molecule has 1 aliphatic heterocycles. The van der Waals surface area contributed by atoms with Crippen molar-refractivity contribution in [1.29, 1.82) is 5.26 Å². The molecule has 1 aliphatic rings. The highest BCUT2D eigenvalue weighted by atomic mass is 19.4. The van der Waals surface area contributed by atoms with Gasteiger partial charge in [-0.2, -0.15) is 18.4 Å². The van der Waals surface area contributed by atoms with Gasteiger partial charge in [0.1, 0.15) is 17.4 Å². The Kier molecular flexibility index (Phi) is 3.81. The monoisotopic (exact) mass is 366 g/mol. The maximum atomic E-state index is 12.9. The van der Waals surface area contributed by atoms with Gasteiger partial charge in [-0.1, -0.05) is 42.5 Å². The number of hydrogen-bond acceptors (Lipinski definition) is 3. The smallest absolute Gasteiger partial charge is 0.416 e. The summed E-state index contributed by atoms with van der Waals surface area (Å²) in [4.78, 5) is 0. The van der Waals surface area contributed by atoms with Crippen molar-refractivity contribution >= 4 is 10.8 Å². The Hall–Kier alpha value is -3.46. The van der Waals surface area contributed by atoms with Crippen LogP contribution in [0.15, 0.2) is 72.1 Å². The van der Waals surface area contributed by atoms with Crippen LogP contribution in [0, 0.1) is 11.3 Å². The van der Waals surface area contributed by atoms with Crippen LogP contribution in [0.5, 0.6) is 5.75 Å². The van der Waals surface area contributed by atoms with Crippen LogP contribution in [0.2, 0.25) is 0 Å². The first-order chi connectivity index (χ1) is 12.9. The second kappa shape index (κ2) is 6.06. The third-order valence-electron chi connectivity index (χ3n) is 4.69. The number of ether oxygens (including phenoxy) is 1. The van der Waals surface area contributed by atoms with Crippen LogP contribution in [-0.4, -0.2) is 0 Å². The highest BCUT2D eigenvalue weighted by molar-refractivity contribution is 5.90. The van der Waals surface area contributed by atoms with Gasteiger partial charge in [0.25, 0.3) is 0 Å². The van der Waals surface area contributed by atoms with E-state index in [0.29, 0.717) is 11.3 Å². The fourth-order valence-corrected chi connectivity index (χ4v) is 3.44. The van der Waals surface area contributed by atoms with Crippen molar-refractivity contribution in [2.45, 2.75) is 12.1 Å². The maximum absolute atomic E-state index is 12.9. The molecule has 4 rings (SSSR count). The number of halogens is 3. The Morgan fingerprint density at radius 2 is 1.67 bits per heavy atom. The van der Waals surface area contributed by atoms with E-state index in [4.69, 9.17) is 10.5 Å². The van der Waals surface area contributed by atoms with E-state index in [0.717, 1.165) is 28.5 Å². The van der Waals surface area contributed by atoms with Crippen molar-refractivity contribution < 1.29 is 17.9 Å². The molecular weight excluding hydrogens is 353 g/mol. The predicted octanol–water partition coefficient (Wildman–Crippen LogP) is 5.08. The lowest BCUT2D eigenvalue weighted by Gasteiger charge is -2.28. The zero-order valence-corrected chi connectivity index (χ0v) is 13.9. The average molecular weight is 366 g/mol. The lowest BCUT2D eigenvalue weighted by molar-refractivity contribution is -0.137. The Balaban J connectivity index is 1.96. The first kappa shape index (κ1) is 17.0. The van der Waals surface area contributed by atoms with Gasteiger partial charge in [0.2, 0.25) is 5.88 Å². The highest BCUT2D eigenvalue weighted by Crippen LogP contribution is 2.45. The summed E-state index contributed by atoms with van der Waals surface area (Å²) in [6.07, 6.45) is -4.42. The third kappa shape index (κ3) is 2.77. The minimum absolute atomic E-state index is 0.0369. The molecule has 27 heavy (non-hydrogen) atoms. The van der Waals surface area contributed by atoms with Crippen molar-refractivity contribution in [3.05, 3.63) is 88.8 Å². The number of hydrogen-bond donors (Lipinski definition) is 1. The lowest BCUT2D eigenvalue weighted by Crippen LogP contribution is -2.21. The molecule has 3 nitrogen and oxygen atoms in total. The van der Waals surface area contributed by atoms with E-state index in [-0.39, 0.29) is 11.5 Å². The number of benzene rings is 3. The van der Waals surface area contributed by atoms with Gasteiger partial charge in [0.15, 0.2) is 0 Å². The molecule has 1 atom stereocenters. The van der Waals surface area contributed by atoms with Crippen LogP contribution in [0.3, 0.4) is 0 Å². The molecule has 0 spiro atoms. The van der Waals surface area contributed by atoms with Crippen LogP contribution in [0.4, 0.5) is 13.2 Å². The first-order valence-electron chi connectivity index (χ1n) is 8.16. The Bertz CT molecular complexity index is 1110. The molecule has 3 aromatic rings. The van der Waals surface area contributed by atoms with Crippen molar-refractivity contribution in [3.8, 4) is 11.8 Å². The molecule has 0 aliphatic carbocycles. The van der Waals surface area contributed by atoms with Gasteiger partial charge in [-0.25, -0.2) is 0 Å². The Morgan fingerprint density at radius 3 is 2.33 bits per heavy atom. The largest absolute Gasteiger partial charge is 0.440 e. The molecule has 134 valence electrons. The van der Waals surface area contributed by atoms with E-state index < -0.39 is 17.7 Å². The molecule has 0 saturated carbocycles. The maximum Gasteiger partial charge on any atom is 0.416 e. The minimum Gasteiger partial charge on any atom is -0.440 e. The number of alkyl halides is 3. The van der Waals surface area contributed by atoms with E-state index in [1.165, 1.54) is 12.1 Å². The minimum atomic E-state index is -4.42. The van der Waals surface area contributed by atoms with Crippen molar-refractivity contribution in [1.82, 2.24) is 0 Å². The normalized spacial score (nSPS) is 16.6. The average Bonchev–Trinajstić information content (AvgIpc) is 2.66. The zero-order valence-electron chi connectivity index (χ0n) is 13.9. The Morgan fingerprint density at radius 1 is 0.963 bits per heavy atom. The molecule has 0 saturated heterocycles. The van der Waals surface area contributed by atoms with E-state index in [1.54, 1.807) is 6.07 Å². The van der Waals surface area contributed by atoms with Crippen molar-refractivity contribution in [3.63, 3.8) is 0 Å². The number of nitrogens with two attached hydrogens (primary N) is 1. The molecule has 0 amide bonds. The van der Waals surface area contributed by atoms with E-state index >= 15 is 0 Å². The summed E-state index contributed by atoms with van der Waals surface area (Å²) in [6.45, 7) is 0. The topological polar surface area (TPSA) is 59.0 Å². The second-order valence-electron chi connectivity index (χ2n) is 6.24. The van der Waals surface area contributed by atoms with Crippen LogP contribution < -0.4 is 10.5 Å². The first-order valence-corrected chi connectivity index (χ1v) is 8.16. The van der Waals surface area contributed by atoms with Gasteiger partial charge < -0.3 is 10.5 Å². The number of fused-ring (bicyclic) bond motifs is 3. The fourth-order valence-electron chi connectivity index (χ4n) is 3.44. The summed E-state index contributed by atoms with van der Waals surface area (Å²) in [7, 11) is 0. The number of allylic oxidation sites excluding steroid dienone is 1. The van der Waals surface area contributed by atoms with Gasteiger partial charge in [0.05, 0.1) is 11.5 Å². The summed E-state index contributed by atoms with van der Waals surface area (Å²) < 4.78 is 44.4. The molecule has 1 heterocycles. The van der Waals surface area contributed by atoms with Gasteiger partial charge in [-0.05, 0) is 34.5 Å². The molecule has 0 fully saturated rings. The predicted molar refractivity (Wildman–Crippen MR) is 94.7 cm³/mol. The molecule has 6 heteroatoms. The number of nitrogens with zero attached hydrogens (tertiary/aromatic N) is 1. The molecule has 0 aromatic heterocycles. The zero-order chi connectivity index (χ0) is 19.2. The fraction of sp³-hybridized carbons (Fsp3) is 0.0952. The summed E-state index contributed by atoms with van der Waals surface area (Å²) in [5.41, 5.74) is 6.63. The third-order valence-corrected chi connectivity index (χ3v) is 4.69. The van der Waals surface area contributed by atoms with Crippen molar-refractivity contribution in [2.24, 2.45) is 5.73 Å². The summed E-state index contributed by atoms with van der Waals surface area (Å²) in [5, 5.41) is 11.4. The van der Waals surface area contributed by atoms with Gasteiger partial charge >= 0.3 is 6.18 Å². The van der Waals surface area contributed by atoms with Crippen LogP contribution in [0.25, 0.3) is 10.8 Å². The summed E-state index contributed by atoms with van der Waals surface area (Å²) >= 11 is 0. The molecule has 0 unspecified atom stereocenters. The summed E-state index contributed by atoms with van der Waals surface area (Å²) in [6, 6.07) is 18.1. The van der Waals surface area contributed by atoms with Crippen molar-refractivity contribution in [2.75, 3.05) is 0 Å². The molecule has 0 bridgehead atoms. The van der Waals surface area contributed by atoms with Crippen LogP contribution in [-0.2, 0) is 6.18 Å². The molecule has 2 N–H and O–H groups in total. The SMILES string of the molecule is N#CC1=C(N)Oc2ccc3ccccc3c2[C@H]1c1ccc(C(F)(F)F)cc1. The van der Waals surface area contributed by atoms with E-state index in [2.05, 4.69) is 6.07 Å². The highest BCUT2D eigenvalue weighted by Gasteiger charge is 2.34. The van der Waals surface area contributed by atoms with Gasteiger partial charge in [0, 0.05) is 5.56 Å². The molecule has 0 radical (unpaired) electrons. The van der Waals surface area contributed by atoms with E-state index in [9.17, 15) is 18.4 Å². The van der Waals surface area contributed by atoms with Crippen LogP contribution in [0.1, 0.15) is 22.6 Å². The summed E-state index contributed by atoms with van der Waals surface area (Å²) in [5.74, 6) is -0.146. The van der Waals surface area contributed by atoms with Gasteiger partial charge in [-0.15, -0.1) is 0 Å². The molecular formula is C21H13F3N2O. The van der Waals surface area contributed by atoms with Crippen LogP contribution >= 0.6 is 0 Å². The quantitative estimate of drug-likeness (QED) is 0.654. The number of nitriles is 1. The lowest BCUT2D eigenvalue weighted by atomic mass is 9.81. The molecule has 3 aromatic carbocycles. The second-order valence-corrected chi connectivity index (χ2v) is 6.24. The van der Waals surface area contributed by atoms with Gasteiger partial charge in [-0.3, -0.25) is 0 Å². The number of rotatable bonds is 1.